The van der Waals surface area contributed by atoms with Gasteiger partial charge in [-0.05, 0) is 47.5 Å². The molecule has 5 saturated heterocycles. The standard InChI is InChI=1S/C8H16N2.C7H14N2/c1-9-5-8-4-3-7(9)6-10(8)2;1-8-4-7-3-6(8)5-9(7)2/h7-8H,3-6H2,1-2H3;6-7H,3-5H2,1-2H3. The first-order chi connectivity index (χ1) is 9.04. The maximum Gasteiger partial charge on any atom is 0.0236 e. The van der Waals surface area contributed by atoms with Crippen LogP contribution in [0, 0.1) is 0 Å². The van der Waals surface area contributed by atoms with Gasteiger partial charge in [-0.15, -0.1) is 0 Å². The van der Waals surface area contributed by atoms with E-state index in [0.717, 1.165) is 24.2 Å². The molecule has 0 N–H and O–H groups in total. The third-order valence-electron chi connectivity index (χ3n) is 5.87. The molecule has 110 valence electrons. The smallest absolute Gasteiger partial charge is 0.0236 e. The molecule has 4 unspecified atom stereocenters. The molecule has 0 aromatic rings. The SMILES string of the molecule is CN1CC2CC1CN2C.CN1CC2CCC1CN2C. The van der Waals surface area contributed by atoms with Crippen LogP contribution < -0.4 is 0 Å². The maximum absolute atomic E-state index is 2.51. The molecule has 5 rings (SSSR count). The van der Waals surface area contributed by atoms with Crippen molar-refractivity contribution in [2.75, 3.05) is 54.4 Å². The summed E-state index contributed by atoms with van der Waals surface area (Å²) in [6.45, 7) is 5.17. The van der Waals surface area contributed by atoms with Gasteiger partial charge in [0.15, 0.2) is 0 Å². The average Bonchev–Trinajstić information content (AvgIpc) is 2.90. The minimum Gasteiger partial charge on any atom is -0.301 e. The van der Waals surface area contributed by atoms with Gasteiger partial charge in [0.25, 0.3) is 0 Å². The van der Waals surface area contributed by atoms with Crippen molar-refractivity contribution < 1.29 is 0 Å². The normalized spacial score (nSPS) is 43.6. The molecule has 0 amide bonds. The number of nitrogens with zero attached hydrogens (tertiary/aromatic N) is 4. The van der Waals surface area contributed by atoms with Gasteiger partial charge in [-0.3, -0.25) is 0 Å². The molecular weight excluding hydrogens is 236 g/mol. The van der Waals surface area contributed by atoms with Crippen LogP contribution in [0.5, 0.6) is 0 Å². The Morgan fingerprint density at radius 1 is 0.526 bits per heavy atom. The van der Waals surface area contributed by atoms with E-state index in [0.29, 0.717) is 0 Å². The number of fused-ring (bicyclic) bond motifs is 5. The first-order valence-electron chi connectivity index (χ1n) is 7.85. The summed E-state index contributed by atoms with van der Waals surface area (Å²) in [6, 6.07) is 3.46. The minimum absolute atomic E-state index is 0.856. The lowest BCUT2D eigenvalue weighted by atomic mass is 9.92. The molecule has 0 saturated carbocycles. The van der Waals surface area contributed by atoms with Gasteiger partial charge in [0, 0.05) is 50.3 Å². The lowest BCUT2D eigenvalue weighted by Gasteiger charge is -2.48. The van der Waals surface area contributed by atoms with Gasteiger partial charge in [0.1, 0.15) is 0 Å². The van der Waals surface area contributed by atoms with E-state index >= 15 is 0 Å². The van der Waals surface area contributed by atoms with Crippen LogP contribution in [0.4, 0.5) is 0 Å². The topological polar surface area (TPSA) is 13.0 Å². The zero-order valence-corrected chi connectivity index (χ0v) is 13.0. The molecular formula is C15H30N4. The number of piperidine rings is 2. The van der Waals surface area contributed by atoms with Crippen LogP contribution in [-0.4, -0.2) is 98.1 Å². The summed E-state index contributed by atoms with van der Waals surface area (Å²) in [5.74, 6) is 0. The Morgan fingerprint density at radius 3 is 1.05 bits per heavy atom. The summed E-state index contributed by atoms with van der Waals surface area (Å²) < 4.78 is 0. The van der Waals surface area contributed by atoms with Gasteiger partial charge < -0.3 is 19.6 Å². The van der Waals surface area contributed by atoms with Gasteiger partial charge in [0.2, 0.25) is 0 Å². The summed E-state index contributed by atoms with van der Waals surface area (Å²) >= 11 is 0. The van der Waals surface area contributed by atoms with E-state index in [2.05, 4.69) is 47.8 Å². The molecule has 19 heavy (non-hydrogen) atoms. The summed E-state index contributed by atoms with van der Waals surface area (Å²) in [7, 11) is 8.98. The van der Waals surface area contributed by atoms with Crippen LogP contribution in [0.15, 0.2) is 0 Å². The molecule has 0 aromatic carbocycles. The molecule has 0 radical (unpaired) electrons. The minimum atomic E-state index is 0.856. The second-order valence-electron chi connectivity index (χ2n) is 7.19. The molecule has 0 aromatic heterocycles. The summed E-state index contributed by atoms with van der Waals surface area (Å²) in [6.07, 6.45) is 4.25. The predicted molar refractivity (Wildman–Crippen MR) is 79.5 cm³/mol. The molecule has 4 bridgehead atoms. The number of piperazine rings is 2. The Hall–Kier alpha value is -0.160. The van der Waals surface area contributed by atoms with E-state index < -0.39 is 0 Å². The van der Waals surface area contributed by atoms with Crippen molar-refractivity contribution in [3.8, 4) is 0 Å². The Balaban J connectivity index is 0.000000117. The van der Waals surface area contributed by atoms with Crippen molar-refractivity contribution in [2.24, 2.45) is 0 Å². The highest BCUT2D eigenvalue weighted by Crippen LogP contribution is 2.27. The average molecular weight is 266 g/mol. The molecule has 5 fully saturated rings. The van der Waals surface area contributed by atoms with Crippen LogP contribution >= 0.6 is 0 Å². The van der Waals surface area contributed by atoms with Crippen molar-refractivity contribution in [3.05, 3.63) is 0 Å². The zero-order valence-electron chi connectivity index (χ0n) is 13.0. The van der Waals surface area contributed by atoms with Crippen LogP contribution in [0.25, 0.3) is 0 Å². The number of rotatable bonds is 0. The quantitative estimate of drug-likeness (QED) is 0.629. The molecule has 4 heteroatoms. The fourth-order valence-electron chi connectivity index (χ4n) is 4.31. The Kier molecular flexibility index (Phi) is 3.87. The predicted octanol–water partition coefficient (Wildman–Crippen LogP) is 0.399. The largest absolute Gasteiger partial charge is 0.301 e. The van der Waals surface area contributed by atoms with Gasteiger partial charge in [-0.2, -0.15) is 0 Å². The second-order valence-corrected chi connectivity index (χ2v) is 7.19. The number of likely N-dealkylation sites (N-methyl/N-ethyl adjacent to an activating group) is 4. The van der Waals surface area contributed by atoms with E-state index in [1.807, 2.05) is 0 Å². The Labute approximate surface area is 118 Å². The molecule has 4 atom stereocenters. The van der Waals surface area contributed by atoms with E-state index in [1.54, 1.807) is 0 Å². The van der Waals surface area contributed by atoms with Crippen LogP contribution in [0.3, 0.4) is 0 Å². The van der Waals surface area contributed by atoms with E-state index in [1.165, 1.54) is 45.4 Å². The number of hydrogen-bond acceptors (Lipinski definition) is 4. The van der Waals surface area contributed by atoms with Gasteiger partial charge in [-0.25, -0.2) is 0 Å². The molecule has 5 heterocycles. The lowest BCUT2D eigenvalue weighted by molar-refractivity contribution is 0.00971. The van der Waals surface area contributed by atoms with Gasteiger partial charge >= 0.3 is 0 Å². The van der Waals surface area contributed by atoms with Gasteiger partial charge in [0.05, 0.1) is 0 Å². The molecule has 4 nitrogen and oxygen atoms in total. The fourth-order valence-corrected chi connectivity index (χ4v) is 4.31. The van der Waals surface area contributed by atoms with Crippen LogP contribution in [0.1, 0.15) is 19.3 Å². The second kappa shape index (κ2) is 5.32. The molecule has 0 aliphatic carbocycles. The first-order valence-corrected chi connectivity index (χ1v) is 7.85. The summed E-state index contributed by atoms with van der Waals surface area (Å²) in [4.78, 5) is 9.97. The Bertz CT molecular complexity index is 287. The summed E-state index contributed by atoms with van der Waals surface area (Å²) in [5, 5.41) is 0. The van der Waals surface area contributed by atoms with E-state index in [-0.39, 0.29) is 0 Å². The van der Waals surface area contributed by atoms with Crippen molar-refractivity contribution in [3.63, 3.8) is 0 Å². The maximum atomic E-state index is 2.51. The van der Waals surface area contributed by atoms with E-state index in [4.69, 9.17) is 0 Å². The fraction of sp³-hybridized carbons (Fsp3) is 1.00. The highest BCUT2D eigenvalue weighted by atomic mass is 15.3. The third kappa shape index (κ3) is 2.68. The lowest BCUT2D eigenvalue weighted by Crippen LogP contribution is -2.59. The van der Waals surface area contributed by atoms with Crippen molar-refractivity contribution >= 4 is 0 Å². The molecule has 5 aliphatic heterocycles. The van der Waals surface area contributed by atoms with Crippen LogP contribution in [0.2, 0.25) is 0 Å². The van der Waals surface area contributed by atoms with Crippen LogP contribution in [-0.2, 0) is 0 Å². The van der Waals surface area contributed by atoms with E-state index in [9.17, 15) is 0 Å². The highest BCUT2D eigenvalue weighted by molar-refractivity contribution is 4.96. The molecule has 0 spiro atoms. The third-order valence-corrected chi connectivity index (χ3v) is 5.87. The van der Waals surface area contributed by atoms with Crippen molar-refractivity contribution in [2.45, 2.75) is 43.4 Å². The van der Waals surface area contributed by atoms with Crippen molar-refractivity contribution in [1.82, 2.24) is 19.6 Å². The zero-order chi connectivity index (χ0) is 13.6. The van der Waals surface area contributed by atoms with Gasteiger partial charge in [-0.1, -0.05) is 0 Å². The van der Waals surface area contributed by atoms with Crippen molar-refractivity contribution in [1.29, 1.82) is 0 Å². The summed E-state index contributed by atoms with van der Waals surface area (Å²) in [5.41, 5.74) is 0. The number of likely N-dealkylation sites (tertiary alicyclic amines) is 2. The molecule has 5 aliphatic rings. The first kappa shape index (κ1) is 13.8. The number of hydrogen-bond donors (Lipinski definition) is 0. The highest BCUT2D eigenvalue weighted by Gasteiger charge is 2.39. The Morgan fingerprint density at radius 2 is 0.842 bits per heavy atom. The monoisotopic (exact) mass is 266 g/mol.